The van der Waals surface area contributed by atoms with Crippen molar-refractivity contribution in [3.8, 4) is 11.5 Å². The zero-order valence-corrected chi connectivity index (χ0v) is 18.7. The molecule has 1 aromatic carbocycles. The monoisotopic (exact) mass is 400 g/mol. The number of carbonyl (C=O) groups is 2. The molecule has 1 unspecified atom stereocenters. The standard InChI is InChI=1S/C24H32O5/c1-15(2)17-11-16(12-20(27-6)21(17)28-7)9-10-24(5)13-18(22(26)29-8)19(25)14-23(24,3)4/h9-13,15H,14H2,1-8H3/b10-9+. The molecule has 5 heteroatoms. The molecule has 0 saturated carbocycles. The molecule has 0 amide bonds. The van der Waals surface area contributed by atoms with E-state index in [4.69, 9.17) is 14.2 Å². The van der Waals surface area contributed by atoms with Crippen LogP contribution in [0.2, 0.25) is 0 Å². The average Bonchev–Trinajstić information content (AvgIpc) is 2.67. The lowest BCUT2D eigenvalue weighted by Crippen LogP contribution is -2.40. The van der Waals surface area contributed by atoms with Crippen molar-refractivity contribution in [1.82, 2.24) is 0 Å². The van der Waals surface area contributed by atoms with Gasteiger partial charge >= 0.3 is 5.97 Å². The second kappa shape index (κ2) is 8.44. The minimum Gasteiger partial charge on any atom is -0.493 e. The van der Waals surface area contributed by atoms with Crippen LogP contribution in [0, 0.1) is 10.8 Å². The van der Waals surface area contributed by atoms with Gasteiger partial charge < -0.3 is 14.2 Å². The SMILES string of the molecule is COC(=O)C1=CC(C)(/C=C/c2cc(OC)c(OC)c(C(C)C)c2)C(C)(C)CC1=O. The zero-order valence-electron chi connectivity index (χ0n) is 18.7. The number of allylic oxidation sites excluding steroid dienone is 2. The van der Waals surface area contributed by atoms with E-state index in [1.54, 1.807) is 20.3 Å². The molecule has 0 bridgehead atoms. The van der Waals surface area contributed by atoms with Crippen molar-refractivity contribution < 1.29 is 23.8 Å². The van der Waals surface area contributed by atoms with Crippen LogP contribution in [0.5, 0.6) is 11.5 Å². The van der Waals surface area contributed by atoms with Gasteiger partial charge in [-0.25, -0.2) is 4.79 Å². The molecule has 0 heterocycles. The lowest BCUT2D eigenvalue weighted by atomic mass is 9.60. The first-order chi connectivity index (χ1) is 13.5. The molecule has 5 nitrogen and oxygen atoms in total. The van der Waals surface area contributed by atoms with Crippen molar-refractivity contribution in [3.05, 3.63) is 41.0 Å². The normalized spacial score (nSPS) is 21.3. The van der Waals surface area contributed by atoms with Gasteiger partial charge in [-0.1, -0.05) is 52.8 Å². The number of hydrogen-bond donors (Lipinski definition) is 0. The summed E-state index contributed by atoms with van der Waals surface area (Å²) in [5, 5.41) is 0. The molecule has 158 valence electrons. The first kappa shape index (κ1) is 22.7. The quantitative estimate of drug-likeness (QED) is 0.500. The van der Waals surface area contributed by atoms with Crippen LogP contribution >= 0.6 is 0 Å². The first-order valence-electron chi connectivity index (χ1n) is 9.79. The molecule has 29 heavy (non-hydrogen) atoms. The summed E-state index contributed by atoms with van der Waals surface area (Å²) in [7, 11) is 4.55. The fraction of sp³-hybridized carbons (Fsp3) is 0.500. The molecule has 0 fully saturated rings. The number of benzene rings is 1. The molecule has 1 aliphatic rings. The number of Topliss-reactive ketones (excluding diaryl/α,β-unsaturated/α-hetero) is 1. The van der Waals surface area contributed by atoms with E-state index in [2.05, 4.69) is 19.9 Å². The molecule has 1 aromatic rings. The van der Waals surface area contributed by atoms with Gasteiger partial charge in [-0.15, -0.1) is 0 Å². The van der Waals surface area contributed by atoms with Gasteiger partial charge in [-0.05, 0) is 29.0 Å². The van der Waals surface area contributed by atoms with Gasteiger partial charge in [0.15, 0.2) is 17.3 Å². The molecular weight excluding hydrogens is 368 g/mol. The van der Waals surface area contributed by atoms with Gasteiger partial charge in [0.1, 0.15) is 0 Å². The summed E-state index contributed by atoms with van der Waals surface area (Å²) in [6, 6.07) is 4.01. The predicted molar refractivity (Wildman–Crippen MR) is 114 cm³/mol. The highest BCUT2D eigenvalue weighted by molar-refractivity contribution is 6.18. The third-order valence-corrected chi connectivity index (χ3v) is 5.98. The highest BCUT2D eigenvalue weighted by Crippen LogP contribution is 2.49. The van der Waals surface area contributed by atoms with E-state index in [9.17, 15) is 9.59 Å². The van der Waals surface area contributed by atoms with Gasteiger partial charge in [0, 0.05) is 17.4 Å². The second-order valence-corrected chi connectivity index (χ2v) is 8.65. The summed E-state index contributed by atoms with van der Waals surface area (Å²) >= 11 is 0. The molecule has 0 aromatic heterocycles. The van der Waals surface area contributed by atoms with Crippen LogP contribution in [0.15, 0.2) is 29.9 Å². The van der Waals surface area contributed by atoms with E-state index < -0.39 is 11.4 Å². The van der Waals surface area contributed by atoms with Crippen molar-refractivity contribution in [3.63, 3.8) is 0 Å². The van der Waals surface area contributed by atoms with Crippen molar-refractivity contribution in [2.24, 2.45) is 10.8 Å². The molecule has 1 aliphatic carbocycles. The van der Waals surface area contributed by atoms with Crippen molar-refractivity contribution in [1.29, 1.82) is 0 Å². The van der Waals surface area contributed by atoms with E-state index >= 15 is 0 Å². The number of esters is 1. The molecule has 0 N–H and O–H groups in total. The Morgan fingerprint density at radius 1 is 1.10 bits per heavy atom. The number of methoxy groups -OCH3 is 3. The second-order valence-electron chi connectivity index (χ2n) is 8.65. The maximum absolute atomic E-state index is 12.4. The van der Waals surface area contributed by atoms with Crippen LogP contribution in [0.1, 0.15) is 58.1 Å². The van der Waals surface area contributed by atoms with Crippen LogP contribution in [0.25, 0.3) is 6.08 Å². The Hall–Kier alpha value is -2.56. The van der Waals surface area contributed by atoms with Crippen LogP contribution in [-0.2, 0) is 14.3 Å². The van der Waals surface area contributed by atoms with Crippen molar-refractivity contribution in [2.45, 2.75) is 47.0 Å². The maximum Gasteiger partial charge on any atom is 0.341 e. The van der Waals surface area contributed by atoms with Crippen molar-refractivity contribution in [2.75, 3.05) is 21.3 Å². The van der Waals surface area contributed by atoms with Crippen LogP contribution in [-0.4, -0.2) is 33.1 Å². The van der Waals surface area contributed by atoms with Gasteiger partial charge in [0.05, 0.1) is 26.9 Å². The summed E-state index contributed by atoms with van der Waals surface area (Å²) < 4.78 is 15.9. The van der Waals surface area contributed by atoms with Gasteiger partial charge in [0.25, 0.3) is 0 Å². The number of carbonyl (C=O) groups excluding carboxylic acids is 2. The van der Waals surface area contributed by atoms with E-state index in [1.165, 1.54) is 7.11 Å². The molecule has 2 rings (SSSR count). The molecular formula is C24H32O5. The Kier molecular flexibility index (Phi) is 6.61. The van der Waals surface area contributed by atoms with Crippen LogP contribution < -0.4 is 9.47 Å². The van der Waals surface area contributed by atoms with Crippen LogP contribution in [0.4, 0.5) is 0 Å². The number of ether oxygens (including phenoxy) is 3. The maximum atomic E-state index is 12.4. The van der Waals surface area contributed by atoms with E-state index in [0.29, 0.717) is 5.75 Å². The summed E-state index contributed by atoms with van der Waals surface area (Å²) in [4.78, 5) is 24.5. The van der Waals surface area contributed by atoms with Crippen molar-refractivity contribution >= 4 is 17.8 Å². The minimum atomic E-state index is -0.585. The lowest BCUT2D eigenvalue weighted by molar-refractivity contribution is -0.138. The van der Waals surface area contributed by atoms with E-state index in [0.717, 1.165) is 16.9 Å². The highest BCUT2D eigenvalue weighted by atomic mass is 16.5. The molecule has 0 radical (unpaired) electrons. The zero-order chi connectivity index (χ0) is 22.0. The lowest BCUT2D eigenvalue weighted by Gasteiger charge is -2.43. The number of hydrogen-bond acceptors (Lipinski definition) is 5. The molecule has 0 saturated heterocycles. The largest absolute Gasteiger partial charge is 0.493 e. The predicted octanol–water partition coefficient (Wildman–Crippen LogP) is 4.95. The fourth-order valence-electron chi connectivity index (χ4n) is 3.63. The first-order valence-corrected chi connectivity index (χ1v) is 9.79. The summed E-state index contributed by atoms with van der Waals surface area (Å²) in [5.74, 6) is 0.909. The molecule has 0 aliphatic heterocycles. The molecule has 1 atom stereocenters. The smallest absolute Gasteiger partial charge is 0.341 e. The fourth-order valence-corrected chi connectivity index (χ4v) is 3.63. The summed E-state index contributed by atoms with van der Waals surface area (Å²) in [5.41, 5.74) is 1.29. The average molecular weight is 401 g/mol. The summed E-state index contributed by atoms with van der Waals surface area (Å²) in [6.07, 6.45) is 6.08. The third kappa shape index (κ3) is 4.39. The van der Waals surface area contributed by atoms with Gasteiger partial charge in [0.2, 0.25) is 0 Å². The number of rotatable bonds is 6. The summed E-state index contributed by atoms with van der Waals surface area (Å²) in [6.45, 7) is 10.3. The third-order valence-electron chi connectivity index (χ3n) is 5.98. The van der Waals surface area contributed by atoms with Crippen LogP contribution in [0.3, 0.4) is 0 Å². The highest BCUT2D eigenvalue weighted by Gasteiger charge is 2.45. The Morgan fingerprint density at radius 3 is 2.28 bits per heavy atom. The Balaban J connectivity index is 2.55. The minimum absolute atomic E-state index is 0.120. The Labute approximate surface area is 173 Å². The molecule has 0 spiro atoms. The van der Waals surface area contributed by atoms with E-state index in [1.807, 2.05) is 39.0 Å². The Bertz CT molecular complexity index is 860. The topological polar surface area (TPSA) is 61.8 Å². The van der Waals surface area contributed by atoms with E-state index in [-0.39, 0.29) is 29.1 Å². The van der Waals surface area contributed by atoms with Gasteiger partial charge in [-0.3, -0.25) is 4.79 Å². The number of ketones is 1. The Morgan fingerprint density at radius 2 is 1.76 bits per heavy atom. The van der Waals surface area contributed by atoms with Gasteiger partial charge in [-0.2, -0.15) is 0 Å².